The molecule has 1 aromatic rings. The molecule has 0 radical (unpaired) electrons. The van der Waals surface area contributed by atoms with Gasteiger partial charge in [-0.05, 0) is 54.0 Å². The molecule has 0 aliphatic heterocycles. The Balaban J connectivity index is 2.67. The monoisotopic (exact) mass is 322 g/mol. The topological polar surface area (TPSA) is 38.0 Å². The summed E-state index contributed by atoms with van der Waals surface area (Å²) in [5.41, 5.74) is 7.67. The number of rotatable bonds is 4. The van der Waals surface area contributed by atoms with Gasteiger partial charge in [0.25, 0.3) is 0 Å². The van der Waals surface area contributed by atoms with Crippen molar-refractivity contribution in [2.45, 2.75) is 13.0 Å². The van der Waals surface area contributed by atoms with Crippen LogP contribution in [0.5, 0.6) is 0 Å². The normalized spacial score (nSPS) is 12.5. The van der Waals surface area contributed by atoms with Crippen LogP contribution < -0.4 is 11.1 Å². The van der Waals surface area contributed by atoms with Crippen LogP contribution in [0.3, 0.4) is 0 Å². The fraction of sp³-hybridized carbons (Fsp3) is 0.400. The van der Waals surface area contributed by atoms with Crippen LogP contribution in [0.4, 0.5) is 11.4 Å². The Kier molecular flexibility index (Phi) is 4.88. The van der Waals surface area contributed by atoms with E-state index in [0.717, 1.165) is 11.4 Å². The van der Waals surface area contributed by atoms with E-state index < -0.39 is 0 Å². The predicted octanol–water partition coefficient (Wildman–Crippen LogP) is 3.04. The molecule has 14 heavy (non-hydrogen) atoms. The average Bonchev–Trinajstić information content (AvgIpc) is 2.10. The summed E-state index contributed by atoms with van der Waals surface area (Å²) in [5.74, 6) is 1.11. The first-order chi connectivity index (χ1) is 6.63. The first-order valence-electron chi connectivity index (χ1n) is 4.44. The van der Waals surface area contributed by atoms with E-state index in [0.29, 0.717) is 6.04 Å². The minimum Gasteiger partial charge on any atom is -0.399 e. The second-order valence-corrected chi connectivity index (χ2v) is 5.31. The van der Waals surface area contributed by atoms with Gasteiger partial charge in [0.05, 0.1) is 0 Å². The first kappa shape index (κ1) is 12.0. The van der Waals surface area contributed by atoms with Gasteiger partial charge in [0.2, 0.25) is 0 Å². The Labute approximate surface area is 103 Å². The van der Waals surface area contributed by atoms with Crippen molar-refractivity contribution in [3.63, 3.8) is 0 Å². The molecule has 0 heterocycles. The molecule has 0 saturated carbocycles. The first-order valence-corrected chi connectivity index (χ1v) is 6.91. The average molecular weight is 322 g/mol. The number of halogens is 1. The van der Waals surface area contributed by atoms with Crippen molar-refractivity contribution in [1.29, 1.82) is 0 Å². The van der Waals surface area contributed by atoms with Crippen LogP contribution in [-0.4, -0.2) is 18.1 Å². The summed E-state index contributed by atoms with van der Waals surface area (Å²) >= 11 is 4.15. The smallest absolute Gasteiger partial charge is 0.0479 e. The maximum absolute atomic E-state index is 5.68. The van der Waals surface area contributed by atoms with Crippen LogP contribution >= 0.6 is 34.4 Å². The van der Waals surface area contributed by atoms with Crippen molar-refractivity contribution in [2.75, 3.05) is 23.1 Å². The molecule has 1 atom stereocenters. The number of nitrogens with one attached hydrogen (secondary N) is 1. The van der Waals surface area contributed by atoms with Crippen LogP contribution in [0.15, 0.2) is 18.2 Å². The Bertz CT molecular complexity index is 304. The molecule has 78 valence electrons. The van der Waals surface area contributed by atoms with Crippen LogP contribution in [-0.2, 0) is 0 Å². The number of thioether (sulfide) groups is 1. The lowest BCUT2D eigenvalue weighted by Gasteiger charge is -2.15. The Morgan fingerprint density at radius 3 is 2.86 bits per heavy atom. The number of anilines is 2. The van der Waals surface area contributed by atoms with E-state index >= 15 is 0 Å². The SMILES string of the molecule is CSCC(C)Nc1ccc(N)cc1I. The zero-order valence-electron chi connectivity index (χ0n) is 8.38. The molecular formula is C10H15IN2S. The molecule has 0 bridgehead atoms. The van der Waals surface area contributed by atoms with Crippen molar-refractivity contribution in [3.05, 3.63) is 21.8 Å². The number of nitrogens with two attached hydrogens (primary N) is 1. The summed E-state index contributed by atoms with van der Waals surface area (Å²) in [6, 6.07) is 6.43. The molecule has 3 N–H and O–H groups in total. The van der Waals surface area contributed by atoms with Gasteiger partial charge < -0.3 is 11.1 Å². The lowest BCUT2D eigenvalue weighted by Crippen LogP contribution is -2.18. The van der Waals surface area contributed by atoms with E-state index in [-0.39, 0.29) is 0 Å². The predicted molar refractivity (Wildman–Crippen MR) is 75.0 cm³/mol. The summed E-state index contributed by atoms with van der Waals surface area (Å²) < 4.78 is 1.18. The highest BCUT2D eigenvalue weighted by Gasteiger charge is 2.04. The number of nitrogen functional groups attached to an aromatic ring is 1. The minimum atomic E-state index is 0.488. The van der Waals surface area contributed by atoms with Gasteiger partial charge >= 0.3 is 0 Å². The second-order valence-electron chi connectivity index (χ2n) is 3.24. The molecule has 1 unspecified atom stereocenters. The Morgan fingerprint density at radius 2 is 2.29 bits per heavy atom. The van der Waals surface area contributed by atoms with E-state index in [1.165, 1.54) is 9.26 Å². The highest BCUT2D eigenvalue weighted by molar-refractivity contribution is 14.1. The van der Waals surface area contributed by atoms with Crippen LogP contribution in [0, 0.1) is 3.57 Å². The summed E-state index contributed by atoms with van der Waals surface area (Å²) in [4.78, 5) is 0. The lowest BCUT2D eigenvalue weighted by atomic mass is 10.2. The van der Waals surface area contributed by atoms with Crippen molar-refractivity contribution in [2.24, 2.45) is 0 Å². The number of hydrogen-bond acceptors (Lipinski definition) is 3. The third-order valence-electron chi connectivity index (χ3n) is 1.81. The van der Waals surface area contributed by atoms with Gasteiger partial charge in [0, 0.05) is 26.7 Å². The van der Waals surface area contributed by atoms with Gasteiger partial charge in [-0.2, -0.15) is 11.8 Å². The standard InChI is InChI=1S/C10H15IN2S/c1-7(6-14-2)13-10-4-3-8(12)5-9(10)11/h3-5,7,13H,6,12H2,1-2H3. The molecule has 0 spiro atoms. The summed E-state index contributed by atoms with van der Waals surface area (Å²) in [7, 11) is 0. The van der Waals surface area contributed by atoms with E-state index in [2.05, 4.69) is 41.1 Å². The molecule has 0 aliphatic rings. The molecule has 0 saturated heterocycles. The van der Waals surface area contributed by atoms with E-state index in [1.54, 1.807) is 0 Å². The number of benzene rings is 1. The quantitative estimate of drug-likeness (QED) is 0.661. The highest BCUT2D eigenvalue weighted by atomic mass is 127. The van der Waals surface area contributed by atoms with Crippen LogP contribution in [0.25, 0.3) is 0 Å². The summed E-state index contributed by atoms with van der Waals surface area (Å²) in [6.45, 7) is 2.18. The molecule has 0 aliphatic carbocycles. The molecule has 0 fully saturated rings. The zero-order chi connectivity index (χ0) is 10.6. The molecular weight excluding hydrogens is 307 g/mol. The maximum Gasteiger partial charge on any atom is 0.0479 e. The van der Waals surface area contributed by atoms with Crippen molar-refractivity contribution in [3.8, 4) is 0 Å². The lowest BCUT2D eigenvalue weighted by molar-refractivity contribution is 0.913. The van der Waals surface area contributed by atoms with Crippen molar-refractivity contribution >= 4 is 45.7 Å². The fourth-order valence-corrected chi connectivity index (χ4v) is 2.48. The minimum absolute atomic E-state index is 0.488. The largest absolute Gasteiger partial charge is 0.399 e. The molecule has 1 aromatic carbocycles. The van der Waals surface area contributed by atoms with Gasteiger partial charge in [-0.3, -0.25) is 0 Å². The van der Waals surface area contributed by atoms with Crippen molar-refractivity contribution in [1.82, 2.24) is 0 Å². The van der Waals surface area contributed by atoms with E-state index in [1.807, 2.05) is 30.0 Å². The molecule has 0 aromatic heterocycles. The van der Waals surface area contributed by atoms with Crippen LogP contribution in [0.1, 0.15) is 6.92 Å². The molecule has 1 rings (SSSR count). The molecule has 0 amide bonds. The van der Waals surface area contributed by atoms with Crippen LogP contribution in [0.2, 0.25) is 0 Å². The summed E-state index contributed by atoms with van der Waals surface area (Å²) in [5, 5.41) is 3.45. The maximum atomic E-state index is 5.68. The van der Waals surface area contributed by atoms with Gasteiger partial charge in [-0.15, -0.1) is 0 Å². The highest BCUT2D eigenvalue weighted by Crippen LogP contribution is 2.21. The third kappa shape index (κ3) is 3.57. The Morgan fingerprint density at radius 1 is 1.57 bits per heavy atom. The van der Waals surface area contributed by atoms with Gasteiger partial charge in [-0.25, -0.2) is 0 Å². The fourth-order valence-electron chi connectivity index (χ4n) is 1.21. The zero-order valence-corrected chi connectivity index (χ0v) is 11.4. The third-order valence-corrected chi connectivity index (χ3v) is 3.54. The van der Waals surface area contributed by atoms with Gasteiger partial charge in [-0.1, -0.05) is 0 Å². The Hall–Kier alpha value is -0.100. The van der Waals surface area contributed by atoms with E-state index in [4.69, 9.17) is 5.73 Å². The van der Waals surface area contributed by atoms with E-state index in [9.17, 15) is 0 Å². The van der Waals surface area contributed by atoms with Gasteiger partial charge in [0.1, 0.15) is 0 Å². The number of hydrogen-bond donors (Lipinski definition) is 2. The molecule has 2 nitrogen and oxygen atoms in total. The van der Waals surface area contributed by atoms with Gasteiger partial charge in [0.15, 0.2) is 0 Å². The second kappa shape index (κ2) is 5.70. The van der Waals surface area contributed by atoms with Crippen molar-refractivity contribution < 1.29 is 0 Å². The molecule has 4 heteroatoms. The summed E-state index contributed by atoms with van der Waals surface area (Å²) in [6.07, 6.45) is 2.12.